The number of hydrogen-bond acceptors (Lipinski definition) is 4. The standard InChI is InChI=1S/C18H16N4O2S/c1-11-5-3-7-22-15(11)20-16-13(18(22)24)9-14(21(16)2)17(23)19-10-12-6-4-8-25-12/h3-9H,10H2,1-2H3,(H,19,23). The van der Waals surface area contributed by atoms with Crippen molar-refractivity contribution in [1.82, 2.24) is 19.3 Å². The first-order valence-corrected chi connectivity index (χ1v) is 8.72. The molecule has 0 bridgehead atoms. The topological polar surface area (TPSA) is 68.4 Å². The first-order chi connectivity index (χ1) is 12.1. The number of nitrogens with zero attached hydrogens (tertiary/aromatic N) is 3. The molecule has 0 atom stereocenters. The lowest BCUT2D eigenvalue weighted by atomic mass is 10.3. The predicted octanol–water partition coefficient (Wildman–Crippen LogP) is 2.49. The first-order valence-electron chi connectivity index (χ1n) is 7.84. The zero-order chi connectivity index (χ0) is 17.6. The van der Waals surface area contributed by atoms with Crippen LogP contribution in [-0.2, 0) is 13.6 Å². The van der Waals surface area contributed by atoms with Crippen LogP contribution in [-0.4, -0.2) is 19.9 Å². The molecular weight excluding hydrogens is 336 g/mol. The van der Waals surface area contributed by atoms with Gasteiger partial charge in [-0.15, -0.1) is 11.3 Å². The van der Waals surface area contributed by atoms with Gasteiger partial charge in [-0.25, -0.2) is 4.98 Å². The van der Waals surface area contributed by atoms with Gasteiger partial charge in [-0.3, -0.25) is 14.0 Å². The summed E-state index contributed by atoms with van der Waals surface area (Å²) in [6.45, 7) is 2.37. The number of fused-ring (bicyclic) bond motifs is 2. The Morgan fingerprint density at radius 2 is 2.12 bits per heavy atom. The van der Waals surface area contributed by atoms with Crippen molar-refractivity contribution in [3.05, 3.63) is 68.4 Å². The maximum Gasteiger partial charge on any atom is 0.268 e. The van der Waals surface area contributed by atoms with E-state index in [4.69, 9.17) is 0 Å². The number of aromatic nitrogens is 3. The van der Waals surface area contributed by atoms with Crippen LogP contribution >= 0.6 is 11.3 Å². The lowest BCUT2D eigenvalue weighted by molar-refractivity contribution is 0.0943. The number of hydrogen-bond donors (Lipinski definition) is 1. The Kier molecular flexibility index (Phi) is 3.65. The summed E-state index contributed by atoms with van der Waals surface area (Å²) in [5.41, 5.74) is 2.28. The van der Waals surface area contributed by atoms with E-state index in [-0.39, 0.29) is 11.5 Å². The molecule has 0 unspecified atom stereocenters. The number of rotatable bonds is 3. The molecule has 126 valence electrons. The molecule has 4 aromatic heterocycles. The fourth-order valence-corrected chi connectivity index (χ4v) is 3.56. The fourth-order valence-electron chi connectivity index (χ4n) is 2.92. The monoisotopic (exact) mass is 352 g/mol. The van der Waals surface area contributed by atoms with Crippen molar-refractivity contribution in [2.24, 2.45) is 7.05 Å². The Bertz CT molecular complexity index is 1160. The third kappa shape index (κ3) is 2.53. The summed E-state index contributed by atoms with van der Waals surface area (Å²) >= 11 is 1.59. The number of nitrogens with one attached hydrogen (secondary N) is 1. The normalized spacial score (nSPS) is 11.3. The van der Waals surface area contributed by atoms with Crippen LogP contribution in [0.3, 0.4) is 0 Å². The molecule has 6 nitrogen and oxygen atoms in total. The Labute approximate surface area is 147 Å². The molecule has 1 N–H and O–H groups in total. The van der Waals surface area contributed by atoms with Gasteiger partial charge in [-0.2, -0.15) is 0 Å². The summed E-state index contributed by atoms with van der Waals surface area (Å²) in [6, 6.07) is 9.25. The highest BCUT2D eigenvalue weighted by atomic mass is 32.1. The van der Waals surface area contributed by atoms with Crippen molar-refractivity contribution in [2.45, 2.75) is 13.5 Å². The van der Waals surface area contributed by atoms with Crippen LogP contribution in [0.15, 0.2) is 46.7 Å². The molecule has 0 aliphatic rings. The fraction of sp³-hybridized carbons (Fsp3) is 0.167. The van der Waals surface area contributed by atoms with E-state index in [1.165, 1.54) is 4.40 Å². The number of carbonyl (C=O) groups is 1. The summed E-state index contributed by atoms with van der Waals surface area (Å²) in [7, 11) is 1.75. The van der Waals surface area contributed by atoms with E-state index in [1.807, 2.05) is 36.6 Å². The Hall–Kier alpha value is -2.93. The Morgan fingerprint density at radius 1 is 1.28 bits per heavy atom. The van der Waals surface area contributed by atoms with Gasteiger partial charge in [0, 0.05) is 18.1 Å². The van der Waals surface area contributed by atoms with Gasteiger partial charge < -0.3 is 9.88 Å². The third-order valence-electron chi connectivity index (χ3n) is 4.26. The smallest absolute Gasteiger partial charge is 0.268 e. The lowest BCUT2D eigenvalue weighted by Crippen LogP contribution is -2.24. The number of carbonyl (C=O) groups excluding carboxylic acids is 1. The molecule has 1 amide bonds. The van der Waals surface area contributed by atoms with Crippen molar-refractivity contribution >= 4 is 33.9 Å². The van der Waals surface area contributed by atoms with Gasteiger partial charge in [0.05, 0.1) is 11.9 Å². The highest BCUT2D eigenvalue weighted by Gasteiger charge is 2.18. The number of amides is 1. The van der Waals surface area contributed by atoms with Crippen LogP contribution in [0.5, 0.6) is 0 Å². The Balaban J connectivity index is 1.80. The molecule has 0 saturated heterocycles. The second kappa shape index (κ2) is 5.86. The SMILES string of the molecule is Cc1cccn2c(=O)c3cc(C(=O)NCc4cccs4)n(C)c3nc12. The molecule has 0 radical (unpaired) electrons. The second-order valence-corrected chi connectivity index (χ2v) is 6.92. The van der Waals surface area contributed by atoms with Crippen molar-refractivity contribution in [1.29, 1.82) is 0 Å². The average Bonchev–Trinajstić information content (AvgIpc) is 3.23. The molecule has 0 aromatic carbocycles. The van der Waals surface area contributed by atoms with Gasteiger partial charge in [0.2, 0.25) is 0 Å². The molecule has 4 aromatic rings. The van der Waals surface area contributed by atoms with Gasteiger partial charge in [-0.05, 0) is 36.1 Å². The van der Waals surface area contributed by atoms with Gasteiger partial charge >= 0.3 is 0 Å². The zero-order valence-corrected chi connectivity index (χ0v) is 14.6. The van der Waals surface area contributed by atoms with Crippen molar-refractivity contribution in [3.8, 4) is 0 Å². The summed E-state index contributed by atoms with van der Waals surface area (Å²) < 4.78 is 3.19. The molecule has 0 aliphatic heterocycles. The van der Waals surface area contributed by atoms with E-state index in [9.17, 15) is 9.59 Å². The maximum absolute atomic E-state index is 12.8. The average molecular weight is 352 g/mol. The van der Waals surface area contributed by atoms with E-state index in [2.05, 4.69) is 10.3 Å². The van der Waals surface area contributed by atoms with Gasteiger partial charge in [0.15, 0.2) is 0 Å². The summed E-state index contributed by atoms with van der Waals surface area (Å²) in [5.74, 6) is -0.223. The van der Waals surface area contributed by atoms with E-state index >= 15 is 0 Å². The molecule has 4 heterocycles. The minimum atomic E-state index is -0.223. The van der Waals surface area contributed by atoms with E-state index in [1.54, 1.807) is 35.2 Å². The molecule has 0 fully saturated rings. The summed E-state index contributed by atoms with van der Waals surface area (Å²) in [6.07, 6.45) is 1.70. The highest BCUT2D eigenvalue weighted by molar-refractivity contribution is 7.09. The Morgan fingerprint density at radius 3 is 2.88 bits per heavy atom. The van der Waals surface area contributed by atoms with Gasteiger partial charge in [0.1, 0.15) is 17.0 Å². The first kappa shape index (κ1) is 15.6. The summed E-state index contributed by atoms with van der Waals surface area (Å²) in [4.78, 5) is 31.0. The van der Waals surface area contributed by atoms with Crippen LogP contribution in [0.1, 0.15) is 20.9 Å². The van der Waals surface area contributed by atoms with Crippen molar-refractivity contribution in [3.63, 3.8) is 0 Å². The van der Waals surface area contributed by atoms with Crippen LogP contribution < -0.4 is 10.9 Å². The van der Waals surface area contributed by atoms with Crippen LogP contribution in [0, 0.1) is 6.92 Å². The zero-order valence-electron chi connectivity index (χ0n) is 13.8. The molecule has 4 rings (SSSR count). The van der Waals surface area contributed by atoms with Gasteiger partial charge in [0.25, 0.3) is 11.5 Å². The quantitative estimate of drug-likeness (QED) is 0.616. The molecule has 0 saturated carbocycles. The highest BCUT2D eigenvalue weighted by Crippen LogP contribution is 2.16. The van der Waals surface area contributed by atoms with Crippen LogP contribution in [0.25, 0.3) is 16.7 Å². The molecule has 0 aliphatic carbocycles. The summed E-state index contributed by atoms with van der Waals surface area (Å²) in [5, 5.41) is 5.30. The van der Waals surface area contributed by atoms with E-state index < -0.39 is 0 Å². The second-order valence-electron chi connectivity index (χ2n) is 5.89. The van der Waals surface area contributed by atoms with Crippen molar-refractivity contribution < 1.29 is 4.79 Å². The largest absolute Gasteiger partial charge is 0.346 e. The molecule has 25 heavy (non-hydrogen) atoms. The molecule has 0 spiro atoms. The van der Waals surface area contributed by atoms with Crippen LogP contribution in [0.2, 0.25) is 0 Å². The number of thiophene rings is 1. The van der Waals surface area contributed by atoms with Gasteiger partial charge in [-0.1, -0.05) is 12.1 Å². The predicted molar refractivity (Wildman–Crippen MR) is 98.2 cm³/mol. The lowest BCUT2D eigenvalue weighted by Gasteiger charge is -2.06. The minimum Gasteiger partial charge on any atom is -0.346 e. The van der Waals surface area contributed by atoms with Crippen molar-refractivity contribution in [2.75, 3.05) is 0 Å². The molecular formula is C18H16N4O2S. The minimum absolute atomic E-state index is 0.170. The van der Waals surface area contributed by atoms with E-state index in [0.29, 0.717) is 28.9 Å². The third-order valence-corrected chi connectivity index (χ3v) is 5.14. The maximum atomic E-state index is 12.8. The van der Waals surface area contributed by atoms with E-state index in [0.717, 1.165) is 10.4 Å². The number of aryl methyl sites for hydroxylation is 2. The number of pyridine rings is 1. The van der Waals surface area contributed by atoms with Crippen LogP contribution in [0.4, 0.5) is 0 Å². The molecule has 7 heteroatoms.